The van der Waals surface area contributed by atoms with E-state index in [0.29, 0.717) is 0 Å². The Balaban J connectivity index is 0.000000355. The zero-order chi connectivity index (χ0) is 43.3. The zero-order valence-electron chi connectivity index (χ0n) is 31.7. The second-order valence-corrected chi connectivity index (χ2v) is 13.8. The number of rotatable bonds is 13. The number of halogens is 1. The van der Waals surface area contributed by atoms with Crippen molar-refractivity contribution >= 4 is 22.8 Å². The molecule has 20 unspecified atom stereocenters. The summed E-state index contributed by atoms with van der Waals surface area (Å²) in [6, 6.07) is 0. The van der Waals surface area contributed by atoms with Crippen LogP contribution >= 0.6 is 11.6 Å². The molecule has 4 aliphatic rings. The van der Waals surface area contributed by atoms with E-state index in [1.54, 1.807) is 6.92 Å². The molecule has 4 rings (SSSR count). The molecule has 23 heteroatoms. The van der Waals surface area contributed by atoms with Crippen molar-refractivity contribution in [2.75, 3.05) is 40.6 Å². The molecule has 4 heterocycles. The van der Waals surface area contributed by atoms with Gasteiger partial charge in [0.25, 0.3) is 0 Å². The molecule has 4 saturated heterocycles. The number of carbonyl (C=O) groups is 2. The number of esters is 1. The first kappa shape index (κ1) is 51.3. The van der Waals surface area contributed by atoms with Crippen LogP contribution in [0, 0.1) is 0 Å². The summed E-state index contributed by atoms with van der Waals surface area (Å²) >= 11 is 4.71. The van der Waals surface area contributed by atoms with Gasteiger partial charge in [0.05, 0.1) is 38.6 Å². The minimum Gasteiger partial charge on any atom is -0.454 e. The van der Waals surface area contributed by atoms with E-state index < -0.39 is 134 Å². The molecular formula is C34H57ClO22. The van der Waals surface area contributed by atoms with Gasteiger partial charge >= 0.3 is 5.97 Å². The molecule has 4 fully saturated rings. The van der Waals surface area contributed by atoms with E-state index in [4.69, 9.17) is 54.2 Å². The Morgan fingerprint density at radius 1 is 0.526 bits per heavy atom. The van der Waals surface area contributed by atoms with Crippen LogP contribution in [0.1, 0.15) is 13.8 Å². The maximum Gasteiger partial charge on any atom is 0.330 e. The van der Waals surface area contributed by atoms with Crippen molar-refractivity contribution in [3.63, 3.8) is 0 Å². The third-order valence-corrected chi connectivity index (χ3v) is 9.45. The first-order valence-electron chi connectivity index (χ1n) is 17.7. The monoisotopic (exact) mass is 852 g/mol. The number of allylic oxidation sites excluding steroid dienone is 1. The minimum absolute atomic E-state index is 0.0186. The van der Waals surface area contributed by atoms with E-state index in [0.717, 1.165) is 12.2 Å². The molecule has 11 N–H and O–H groups in total. The van der Waals surface area contributed by atoms with E-state index in [2.05, 4.69) is 13.2 Å². The van der Waals surface area contributed by atoms with E-state index in [1.807, 2.05) is 0 Å². The fraction of sp³-hybridized carbons (Fsp3) is 0.824. The first-order valence-corrected chi connectivity index (χ1v) is 18.1. The molecule has 0 aliphatic carbocycles. The number of hydrogen-bond acceptors (Lipinski definition) is 22. The Hall–Kier alpha value is -1.85. The molecule has 0 amide bonds. The Labute approximate surface area is 333 Å². The second kappa shape index (κ2) is 24.4. The van der Waals surface area contributed by atoms with Crippen LogP contribution in [0.15, 0.2) is 25.3 Å². The number of carbonyl (C=O) groups excluding carboxylic acids is 2. The Kier molecular flexibility index (Phi) is 22.0. The maximum atomic E-state index is 11.4. The molecule has 0 aromatic heterocycles. The van der Waals surface area contributed by atoms with Gasteiger partial charge in [-0.05, 0) is 31.5 Å². The van der Waals surface area contributed by atoms with Gasteiger partial charge in [0.2, 0.25) is 5.24 Å². The van der Waals surface area contributed by atoms with Crippen molar-refractivity contribution in [1.29, 1.82) is 0 Å². The number of hydrogen-bond donors (Lipinski definition) is 11. The largest absolute Gasteiger partial charge is 0.454 e. The lowest BCUT2D eigenvalue weighted by Gasteiger charge is -2.43. The summed E-state index contributed by atoms with van der Waals surface area (Å²) in [5, 5.41) is 109. The smallest absolute Gasteiger partial charge is 0.330 e. The lowest BCUT2D eigenvalue weighted by molar-refractivity contribution is -0.314. The Morgan fingerprint density at radius 2 is 0.877 bits per heavy atom. The topological polar surface area (TPSA) is 340 Å². The molecule has 332 valence electrons. The van der Waals surface area contributed by atoms with E-state index in [-0.39, 0.29) is 26.4 Å². The van der Waals surface area contributed by atoms with Crippen molar-refractivity contribution in [3.05, 3.63) is 25.3 Å². The van der Waals surface area contributed by atoms with Crippen molar-refractivity contribution in [1.82, 2.24) is 0 Å². The van der Waals surface area contributed by atoms with Crippen LogP contribution < -0.4 is 0 Å². The van der Waals surface area contributed by atoms with Crippen molar-refractivity contribution in [2.45, 2.75) is 136 Å². The average Bonchev–Trinajstić information content (AvgIpc) is 3.18. The van der Waals surface area contributed by atoms with Gasteiger partial charge in [-0.2, -0.15) is 0 Å². The van der Waals surface area contributed by atoms with E-state index in [9.17, 15) is 65.8 Å². The second-order valence-electron chi connectivity index (χ2n) is 13.4. The zero-order valence-corrected chi connectivity index (χ0v) is 32.5. The van der Waals surface area contributed by atoms with Crippen molar-refractivity contribution in [3.8, 4) is 0 Å². The summed E-state index contributed by atoms with van der Waals surface area (Å²) in [4.78, 5) is 20.8. The molecule has 0 saturated carbocycles. The van der Waals surface area contributed by atoms with Crippen LogP contribution in [0.2, 0.25) is 0 Å². The van der Waals surface area contributed by atoms with Gasteiger partial charge in [-0.3, -0.25) is 4.79 Å². The van der Waals surface area contributed by atoms with Crippen LogP contribution in [0.25, 0.3) is 0 Å². The molecule has 22 nitrogen and oxygen atoms in total. The van der Waals surface area contributed by atoms with Crippen LogP contribution in [0.3, 0.4) is 0 Å². The standard InChI is InChI=1S/C17H28O11.C14H26O10.C3H3ClO/c1-4-10(18)28-16-7(2)26-9(12(20)14(16)22)6-25-17-15(23)13(21)11(19)8(27-17)5-24-3;1-5-8(15)11(18)10(17)7(23-5)4-22-14-13(20)12(19)9(16)6(24-14)3-21-2;1-2-3(4)5/h4,7-9,11-17,19-23H,1,5-6H2,2-3H3;5-20H,3-4H2,1-2H3;2H,1H2. The fourth-order valence-corrected chi connectivity index (χ4v) is 5.98. The summed E-state index contributed by atoms with van der Waals surface area (Å²) in [6.45, 7) is 8.79. The van der Waals surface area contributed by atoms with Gasteiger partial charge in [0.15, 0.2) is 18.7 Å². The summed E-state index contributed by atoms with van der Waals surface area (Å²) in [7, 11) is 2.78. The highest BCUT2D eigenvalue weighted by atomic mass is 35.5. The highest BCUT2D eigenvalue weighted by Gasteiger charge is 2.49. The molecule has 0 spiro atoms. The normalized spacial score (nSPS) is 43.3. The van der Waals surface area contributed by atoms with Crippen LogP contribution in [0.4, 0.5) is 0 Å². The highest BCUT2D eigenvalue weighted by molar-refractivity contribution is 6.66. The number of methoxy groups -OCH3 is 2. The van der Waals surface area contributed by atoms with E-state index in [1.165, 1.54) is 21.1 Å². The molecule has 20 atom stereocenters. The molecule has 0 aromatic rings. The van der Waals surface area contributed by atoms with Crippen molar-refractivity contribution in [2.24, 2.45) is 0 Å². The first-order chi connectivity index (χ1) is 26.7. The quantitative estimate of drug-likeness (QED) is 0.0467. The van der Waals surface area contributed by atoms with Gasteiger partial charge < -0.3 is 98.8 Å². The Bertz CT molecular complexity index is 1230. The third-order valence-electron chi connectivity index (χ3n) is 9.30. The SMILES string of the molecule is C=CC(=O)Cl.C=CC(=O)OC1C(C)OC(COC2OC(COC)C(O)C(O)C2O)C(O)C1O.COCC1OC(OCC2OC(C)C(O)C(O)C2O)C(O)C(O)C1O. The molecular weight excluding hydrogens is 796 g/mol. The molecule has 0 bridgehead atoms. The van der Waals surface area contributed by atoms with Crippen LogP contribution in [-0.2, 0) is 52.2 Å². The number of aliphatic hydroxyl groups excluding tert-OH is 11. The predicted molar refractivity (Wildman–Crippen MR) is 189 cm³/mol. The Morgan fingerprint density at radius 3 is 1.25 bits per heavy atom. The lowest BCUT2D eigenvalue weighted by Crippen LogP contribution is -2.61. The van der Waals surface area contributed by atoms with Gasteiger partial charge in [0, 0.05) is 20.3 Å². The summed E-state index contributed by atoms with van der Waals surface area (Å²) in [6.07, 6.45) is -22.7. The highest BCUT2D eigenvalue weighted by Crippen LogP contribution is 2.28. The number of ether oxygens (including phenoxy) is 9. The predicted octanol–water partition coefficient (Wildman–Crippen LogP) is -5.67. The number of aliphatic hydroxyl groups is 11. The molecule has 57 heavy (non-hydrogen) atoms. The third kappa shape index (κ3) is 14.1. The maximum absolute atomic E-state index is 11.4. The molecule has 0 aromatic carbocycles. The average molecular weight is 853 g/mol. The lowest BCUT2D eigenvalue weighted by atomic mass is 9.95. The van der Waals surface area contributed by atoms with Gasteiger partial charge in [-0.25, -0.2) is 4.79 Å². The molecule has 0 radical (unpaired) electrons. The summed E-state index contributed by atoms with van der Waals surface area (Å²) in [5.41, 5.74) is 0. The van der Waals surface area contributed by atoms with Crippen molar-refractivity contribution < 1.29 is 108 Å². The van der Waals surface area contributed by atoms with Crippen LogP contribution in [-0.4, -0.2) is 230 Å². The summed E-state index contributed by atoms with van der Waals surface area (Å²) in [5.74, 6) is -0.767. The summed E-state index contributed by atoms with van der Waals surface area (Å²) < 4.78 is 47.2. The van der Waals surface area contributed by atoms with Gasteiger partial charge in [-0.1, -0.05) is 13.2 Å². The van der Waals surface area contributed by atoms with Crippen LogP contribution in [0.5, 0.6) is 0 Å². The van der Waals surface area contributed by atoms with E-state index >= 15 is 0 Å². The molecule has 4 aliphatic heterocycles. The van der Waals surface area contributed by atoms with Gasteiger partial charge in [0.1, 0.15) is 91.6 Å². The van der Waals surface area contributed by atoms with Gasteiger partial charge in [-0.15, -0.1) is 0 Å². The fourth-order valence-electron chi connectivity index (χ4n) is 5.98. The minimum atomic E-state index is -1.55.